The van der Waals surface area contributed by atoms with Gasteiger partial charge >= 0.3 is 0 Å². The van der Waals surface area contributed by atoms with Crippen LogP contribution in [0.4, 0.5) is 5.69 Å². The highest BCUT2D eigenvalue weighted by Gasteiger charge is 2.15. The van der Waals surface area contributed by atoms with Gasteiger partial charge in [0.15, 0.2) is 0 Å². The number of nitrogens with one attached hydrogen (secondary N) is 1. The van der Waals surface area contributed by atoms with Gasteiger partial charge in [0.2, 0.25) is 0 Å². The van der Waals surface area contributed by atoms with Gasteiger partial charge < -0.3 is 5.32 Å². The van der Waals surface area contributed by atoms with Gasteiger partial charge in [0.1, 0.15) is 0 Å². The molecule has 0 aromatic heterocycles. The summed E-state index contributed by atoms with van der Waals surface area (Å²) in [5.41, 5.74) is 3.58. The molecule has 0 amide bonds. The fourth-order valence-corrected chi connectivity index (χ4v) is 2.84. The molecule has 0 fully saturated rings. The van der Waals surface area contributed by atoms with Crippen molar-refractivity contribution < 1.29 is 0 Å². The first-order chi connectivity index (χ1) is 8.85. The summed E-state index contributed by atoms with van der Waals surface area (Å²) in [5.74, 6) is 0. The van der Waals surface area contributed by atoms with E-state index in [0.717, 1.165) is 30.3 Å². The highest BCUT2D eigenvalue weighted by atomic mass is 79.9. The molecule has 0 aliphatic carbocycles. The van der Waals surface area contributed by atoms with E-state index in [-0.39, 0.29) is 5.41 Å². The number of benzene rings is 1. The average Bonchev–Trinajstić information content (AvgIpc) is 2.31. The fraction of sp³-hybridized carbons (Fsp3) is 0.562. The van der Waals surface area contributed by atoms with Crippen LogP contribution in [-0.4, -0.2) is 6.54 Å². The van der Waals surface area contributed by atoms with Crippen LogP contribution in [0.2, 0.25) is 0 Å². The Morgan fingerprint density at radius 1 is 1.21 bits per heavy atom. The van der Waals surface area contributed by atoms with Crippen LogP contribution in [0.5, 0.6) is 0 Å². The van der Waals surface area contributed by atoms with Gasteiger partial charge in [-0.05, 0) is 63.8 Å². The lowest BCUT2D eigenvalue weighted by Crippen LogP contribution is -2.09. The Kier molecular flexibility index (Phi) is 5.87. The second-order valence-corrected chi connectivity index (χ2v) is 6.71. The number of nitrogens with zero attached hydrogens (tertiary/aromatic N) is 1. The van der Waals surface area contributed by atoms with E-state index in [4.69, 9.17) is 5.26 Å². The quantitative estimate of drug-likeness (QED) is 0.731. The first-order valence-electron chi connectivity index (χ1n) is 6.77. The second-order valence-electron chi connectivity index (χ2n) is 5.79. The highest BCUT2D eigenvalue weighted by molar-refractivity contribution is 9.10. The van der Waals surface area contributed by atoms with E-state index < -0.39 is 0 Å². The summed E-state index contributed by atoms with van der Waals surface area (Å²) in [7, 11) is 0. The maximum atomic E-state index is 8.96. The summed E-state index contributed by atoms with van der Waals surface area (Å²) in [6.07, 6.45) is 3.14. The molecule has 1 N–H and O–H groups in total. The van der Waals surface area contributed by atoms with Gasteiger partial charge in [-0.2, -0.15) is 5.26 Å². The van der Waals surface area contributed by atoms with Crippen molar-refractivity contribution in [3.05, 3.63) is 27.7 Å². The molecule has 1 aromatic rings. The van der Waals surface area contributed by atoms with Crippen molar-refractivity contribution in [2.75, 3.05) is 11.9 Å². The number of aryl methyl sites for hydroxylation is 2. The zero-order chi connectivity index (χ0) is 14.5. The minimum atomic E-state index is -0.191. The number of halogens is 1. The van der Waals surface area contributed by atoms with Gasteiger partial charge in [-0.1, -0.05) is 22.4 Å². The smallest absolute Gasteiger partial charge is 0.0683 e. The molecule has 0 heterocycles. The van der Waals surface area contributed by atoms with Gasteiger partial charge in [-0.15, -0.1) is 0 Å². The first kappa shape index (κ1) is 16.0. The minimum Gasteiger partial charge on any atom is -0.385 e. The molecule has 0 unspecified atom stereocenters. The van der Waals surface area contributed by atoms with Crippen molar-refractivity contribution in [3.63, 3.8) is 0 Å². The molecule has 0 spiro atoms. The summed E-state index contributed by atoms with van der Waals surface area (Å²) < 4.78 is 1.13. The largest absolute Gasteiger partial charge is 0.385 e. The van der Waals surface area contributed by atoms with Gasteiger partial charge in [0.25, 0.3) is 0 Å². The van der Waals surface area contributed by atoms with E-state index in [1.165, 1.54) is 16.8 Å². The van der Waals surface area contributed by atoms with Gasteiger partial charge in [0, 0.05) is 16.7 Å². The van der Waals surface area contributed by atoms with Crippen LogP contribution in [0.15, 0.2) is 16.6 Å². The topological polar surface area (TPSA) is 35.8 Å². The number of unbranched alkanes of at least 4 members (excludes halogenated alkanes) is 1. The highest BCUT2D eigenvalue weighted by Crippen LogP contribution is 2.25. The Hall–Kier alpha value is -1.01. The maximum Gasteiger partial charge on any atom is 0.0683 e. The molecular weight excluding hydrogens is 300 g/mol. The van der Waals surface area contributed by atoms with E-state index in [1.54, 1.807) is 0 Å². The molecule has 0 aliphatic rings. The fourth-order valence-electron chi connectivity index (χ4n) is 2.15. The Balaban J connectivity index is 2.41. The minimum absolute atomic E-state index is 0.191. The standard InChI is InChI=1S/C16H23BrN2/c1-12-9-14(17)10-13(2)15(12)19-8-6-5-7-16(3,4)11-18/h9-10,19H,5-8H2,1-4H3. The summed E-state index contributed by atoms with van der Waals surface area (Å²) in [5, 5.41) is 12.5. The van der Waals surface area contributed by atoms with E-state index in [0.29, 0.717) is 0 Å². The van der Waals surface area contributed by atoms with Crippen LogP contribution < -0.4 is 5.32 Å². The van der Waals surface area contributed by atoms with Gasteiger partial charge in [-0.3, -0.25) is 0 Å². The molecule has 0 radical (unpaired) electrons. The van der Waals surface area contributed by atoms with Crippen molar-refractivity contribution in [1.29, 1.82) is 5.26 Å². The van der Waals surface area contributed by atoms with Crippen LogP contribution in [-0.2, 0) is 0 Å². The molecule has 0 saturated heterocycles. The molecule has 104 valence electrons. The molecule has 1 aromatic carbocycles. The van der Waals surface area contributed by atoms with Gasteiger partial charge in [-0.25, -0.2) is 0 Å². The summed E-state index contributed by atoms with van der Waals surface area (Å²) >= 11 is 3.51. The summed E-state index contributed by atoms with van der Waals surface area (Å²) in [6, 6.07) is 6.61. The summed E-state index contributed by atoms with van der Waals surface area (Å²) in [4.78, 5) is 0. The first-order valence-corrected chi connectivity index (χ1v) is 7.57. The normalized spacial score (nSPS) is 11.2. The van der Waals surface area contributed by atoms with Crippen molar-refractivity contribution in [2.45, 2.75) is 47.0 Å². The molecular formula is C16H23BrN2. The molecule has 19 heavy (non-hydrogen) atoms. The Bertz CT molecular complexity index is 449. The number of nitriles is 1. The molecule has 1 rings (SSSR count). The predicted molar refractivity (Wildman–Crippen MR) is 85.4 cm³/mol. The van der Waals surface area contributed by atoms with Crippen molar-refractivity contribution in [3.8, 4) is 6.07 Å². The Labute approximate surface area is 125 Å². The van der Waals surface area contributed by atoms with E-state index in [1.807, 2.05) is 13.8 Å². The van der Waals surface area contributed by atoms with Crippen molar-refractivity contribution in [2.24, 2.45) is 5.41 Å². The third kappa shape index (κ3) is 5.24. The Morgan fingerprint density at radius 2 is 1.79 bits per heavy atom. The lowest BCUT2D eigenvalue weighted by molar-refractivity contribution is 0.430. The van der Waals surface area contributed by atoms with Gasteiger partial charge in [0.05, 0.1) is 11.5 Å². The SMILES string of the molecule is Cc1cc(Br)cc(C)c1NCCCCC(C)(C)C#N. The zero-order valence-electron chi connectivity index (χ0n) is 12.3. The van der Waals surface area contributed by atoms with Crippen LogP contribution in [0.1, 0.15) is 44.2 Å². The number of hydrogen-bond acceptors (Lipinski definition) is 2. The Morgan fingerprint density at radius 3 is 2.32 bits per heavy atom. The molecule has 0 bridgehead atoms. The van der Waals surface area contributed by atoms with Crippen LogP contribution in [0.25, 0.3) is 0 Å². The van der Waals surface area contributed by atoms with E-state index >= 15 is 0 Å². The zero-order valence-corrected chi connectivity index (χ0v) is 13.9. The van der Waals surface area contributed by atoms with Crippen LogP contribution in [0, 0.1) is 30.6 Å². The van der Waals surface area contributed by atoms with Crippen molar-refractivity contribution >= 4 is 21.6 Å². The maximum absolute atomic E-state index is 8.96. The van der Waals surface area contributed by atoms with E-state index in [2.05, 4.69) is 53.3 Å². The number of rotatable bonds is 6. The van der Waals surface area contributed by atoms with Crippen molar-refractivity contribution in [1.82, 2.24) is 0 Å². The third-order valence-corrected chi connectivity index (χ3v) is 3.79. The third-order valence-electron chi connectivity index (χ3n) is 3.33. The molecule has 0 aliphatic heterocycles. The monoisotopic (exact) mass is 322 g/mol. The predicted octanol–water partition coefficient (Wildman–Crippen LogP) is 5.20. The molecule has 0 atom stereocenters. The van der Waals surface area contributed by atoms with Crippen LogP contribution >= 0.6 is 15.9 Å². The van der Waals surface area contributed by atoms with E-state index in [9.17, 15) is 0 Å². The molecule has 3 heteroatoms. The number of hydrogen-bond donors (Lipinski definition) is 1. The second kappa shape index (κ2) is 6.96. The molecule has 2 nitrogen and oxygen atoms in total. The average molecular weight is 323 g/mol. The molecule has 0 saturated carbocycles. The number of anilines is 1. The lowest BCUT2D eigenvalue weighted by Gasteiger charge is -2.16. The van der Waals surface area contributed by atoms with Crippen LogP contribution in [0.3, 0.4) is 0 Å². The lowest BCUT2D eigenvalue weighted by atomic mass is 9.89. The summed E-state index contributed by atoms with van der Waals surface area (Å²) in [6.45, 7) is 9.22.